The van der Waals surface area contributed by atoms with Crippen molar-refractivity contribution >= 4 is 53.3 Å². The molecule has 0 bridgehead atoms. The zero-order chi connectivity index (χ0) is 40.2. The number of fused-ring (bicyclic) bond motifs is 6. The number of thiophene rings is 1. The summed E-state index contributed by atoms with van der Waals surface area (Å²) in [4.78, 5) is 15.5. The maximum Gasteiger partial charge on any atom is 0.166 e. The van der Waals surface area contributed by atoms with E-state index in [1.54, 1.807) is 6.07 Å². The van der Waals surface area contributed by atoms with Crippen LogP contribution in [0.3, 0.4) is 0 Å². The van der Waals surface area contributed by atoms with Gasteiger partial charge >= 0.3 is 0 Å². The maximum atomic E-state index is 9.75. The Balaban J connectivity index is 1.18. The first-order chi connectivity index (χ1) is 29.6. The van der Waals surface area contributed by atoms with Gasteiger partial charge in [0.15, 0.2) is 17.5 Å². The summed E-state index contributed by atoms with van der Waals surface area (Å²) in [5.74, 6) is 1.73. The van der Waals surface area contributed by atoms with E-state index < -0.39 is 0 Å². The molecule has 0 aliphatic heterocycles. The minimum absolute atomic E-state index is 0.449. The average Bonchev–Trinajstić information content (AvgIpc) is 3.86. The molecule has 0 spiro atoms. The molecule has 3 aromatic heterocycles. The average molecular weight is 783 g/mol. The second-order valence-electron chi connectivity index (χ2n) is 14.7. The quantitative estimate of drug-likeness (QED) is 0.167. The number of rotatable bonds is 6. The van der Waals surface area contributed by atoms with Crippen molar-refractivity contribution in [2.75, 3.05) is 0 Å². The van der Waals surface area contributed by atoms with E-state index in [1.807, 2.05) is 84.1 Å². The molecule has 0 atom stereocenters. The molecule has 7 heteroatoms. The van der Waals surface area contributed by atoms with Crippen LogP contribution in [0.15, 0.2) is 182 Å². The zero-order valence-electron chi connectivity index (χ0n) is 31.9. The Morgan fingerprint density at radius 1 is 0.383 bits per heavy atom. The van der Waals surface area contributed by atoms with E-state index in [0.717, 1.165) is 66.4 Å². The summed E-state index contributed by atoms with van der Waals surface area (Å²) in [5.41, 5.74) is 10.4. The minimum Gasteiger partial charge on any atom is -0.309 e. The summed E-state index contributed by atoms with van der Waals surface area (Å²) < 4.78 is 4.82. The van der Waals surface area contributed by atoms with Crippen molar-refractivity contribution in [1.29, 1.82) is 10.5 Å². The monoisotopic (exact) mass is 782 g/mol. The van der Waals surface area contributed by atoms with Crippen molar-refractivity contribution in [3.8, 4) is 74.2 Å². The van der Waals surface area contributed by atoms with Gasteiger partial charge in [0.05, 0.1) is 40.0 Å². The topological polar surface area (TPSA) is 91.2 Å². The van der Waals surface area contributed by atoms with Crippen LogP contribution in [0.5, 0.6) is 0 Å². The standard InChI is InChI=1S/C53H30N6S/c54-31-33-25-34(32-55)27-40(26-33)39-20-22-47-43(28-39)41-15-7-9-17-46(41)59(47)48-23-19-37(38-21-24-50-44(29-38)42-16-8-10-18-49(42)60-50)30-45(48)53-57-51(35-11-3-1-4-12-35)56-52(58-53)36-13-5-2-6-14-36/h1-30H. The van der Waals surface area contributed by atoms with E-state index in [2.05, 4.69) is 120 Å². The van der Waals surface area contributed by atoms with E-state index >= 15 is 0 Å². The highest BCUT2D eigenvalue weighted by Crippen LogP contribution is 2.41. The molecule has 0 aliphatic carbocycles. The van der Waals surface area contributed by atoms with E-state index in [1.165, 1.54) is 20.2 Å². The highest BCUT2D eigenvalue weighted by Gasteiger charge is 2.21. The lowest BCUT2D eigenvalue weighted by Crippen LogP contribution is -2.04. The van der Waals surface area contributed by atoms with Crippen LogP contribution in [-0.2, 0) is 0 Å². The first-order valence-electron chi connectivity index (χ1n) is 19.5. The van der Waals surface area contributed by atoms with Crippen LogP contribution in [-0.4, -0.2) is 19.5 Å². The largest absolute Gasteiger partial charge is 0.309 e. The van der Waals surface area contributed by atoms with Crippen molar-refractivity contribution in [1.82, 2.24) is 19.5 Å². The Morgan fingerprint density at radius 2 is 0.917 bits per heavy atom. The zero-order valence-corrected chi connectivity index (χ0v) is 32.7. The van der Waals surface area contributed by atoms with Gasteiger partial charge in [0.25, 0.3) is 0 Å². The van der Waals surface area contributed by atoms with Crippen molar-refractivity contribution < 1.29 is 0 Å². The van der Waals surface area contributed by atoms with Gasteiger partial charge in [0.1, 0.15) is 0 Å². The normalized spacial score (nSPS) is 11.3. The molecule has 3 heterocycles. The van der Waals surface area contributed by atoms with Gasteiger partial charge in [-0.2, -0.15) is 10.5 Å². The highest BCUT2D eigenvalue weighted by atomic mass is 32.1. The molecule has 0 saturated carbocycles. The Morgan fingerprint density at radius 3 is 1.63 bits per heavy atom. The molecule has 11 rings (SSSR count). The summed E-state index contributed by atoms with van der Waals surface area (Å²) in [6.45, 7) is 0. The minimum atomic E-state index is 0.449. The lowest BCUT2D eigenvalue weighted by Gasteiger charge is -2.16. The molecule has 278 valence electrons. The number of nitriles is 2. The molecule has 0 fully saturated rings. The van der Waals surface area contributed by atoms with Crippen LogP contribution in [0.4, 0.5) is 0 Å². The van der Waals surface area contributed by atoms with Crippen LogP contribution >= 0.6 is 11.3 Å². The SMILES string of the molecule is N#Cc1cc(C#N)cc(-c2ccc3c(c2)c2ccccc2n3-c2ccc(-c3ccc4sc5ccccc5c4c3)cc2-c2nc(-c3ccccc3)nc(-c3ccccc3)n2)c1. The number of nitrogens with zero attached hydrogens (tertiary/aromatic N) is 6. The first-order valence-corrected chi connectivity index (χ1v) is 20.4. The van der Waals surface area contributed by atoms with Gasteiger partial charge in [-0.25, -0.2) is 15.0 Å². The summed E-state index contributed by atoms with van der Waals surface area (Å²) in [7, 11) is 0. The smallest absolute Gasteiger partial charge is 0.166 e. The van der Waals surface area contributed by atoms with Crippen LogP contribution < -0.4 is 0 Å². The first kappa shape index (κ1) is 35.0. The molecule has 0 amide bonds. The van der Waals surface area contributed by atoms with Gasteiger partial charge in [-0.1, -0.05) is 115 Å². The third-order valence-electron chi connectivity index (χ3n) is 11.1. The van der Waals surface area contributed by atoms with Gasteiger partial charge in [0.2, 0.25) is 0 Å². The molecule has 8 aromatic carbocycles. The summed E-state index contributed by atoms with van der Waals surface area (Å²) in [5, 5.41) is 24.1. The van der Waals surface area contributed by atoms with Crippen LogP contribution in [0, 0.1) is 22.7 Å². The number of hydrogen-bond donors (Lipinski definition) is 0. The maximum absolute atomic E-state index is 9.75. The van der Waals surface area contributed by atoms with E-state index in [0.29, 0.717) is 28.6 Å². The van der Waals surface area contributed by atoms with Gasteiger partial charge in [0, 0.05) is 47.6 Å². The summed E-state index contributed by atoms with van der Waals surface area (Å²) in [6.07, 6.45) is 0. The second kappa shape index (κ2) is 14.3. The van der Waals surface area contributed by atoms with E-state index in [9.17, 15) is 10.5 Å². The fraction of sp³-hybridized carbons (Fsp3) is 0. The van der Waals surface area contributed by atoms with Crippen LogP contribution in [0.1, 0.15) is 11.1 Å². The number of para-hydroxylation sites is 1. The molecular weight excluding hydrogens is 753 g/mol. The third kappa shape index (κ3) is 5.97. The fourth-order valence-corrected chi connectivity index (χ4v) is 9.35. The Labute approximate surface area is 349 Å². The lowest BCUT2D eigenvalue weighted by molar-refractivity contribution is 1.06. The van der Waals surface area contributed by atoms with E-state index in [-0.39, 0.29) is 0 Å². The van der Waals surface area contributed by atoms with Crippen molar-refractivity contribution in [2.24, 2.45) is 0 Å². The van der Waals surface area contributed by atoms with Crippen LogP contribution in [0.25, 0.3) is 104 Å². The molecule has 0 unspecified atom stereocenters. The number of hydrogen-bond acceptors (Lipinski definition) is 6. The molecule has 11 aromatic rings. The molecule has 6 nitrogen and oxygen atoms in total. The molecular formula is C53H30N6S. The predicted molar refractivity (Wildman–Crippen MR) is 244 cm³/mol. The van der Waals surface area contributed by atoms with Gasteiger partial charge in [-0.15, -0.1) is 11.3 Å². The van der Waals surface area contributed by atoms with Gasteiger partial charge in [-0.3, -0.25) is 0 Å². The molecule has 0 aliphatic rings. The lowest BCUT2D eigenvalue weighted by atomic mass is 9.98. The third-order valence-corrected chi connectivity index (χ3v) is 12.2. The Kier molecular flexibility index (Phi) is 8.34. The van der Waals surface area contributed by atoms with Crippen molar-refractivity contribution in [2.45, 2.75) is 0 Å². The second-order valence-corrected chi connectivity index (χ2v) is 15.8. The predicted octanol–water partition coefficient (Wildman–Crippen LogP) is 13.4. The fourth-order valence-electron chi connectivity index (χ4n) is 8.26. The highest BCUT2D eigenvalue weighted by molar-refractivity contribution is 7.25. The van der Waals surface area contributed by atoms with E-state index in [4.69, 9.17) is 15.0 Å². The summed E-state index contributed by atoms with van der Waals surface area (Å²) >= 11 is 1.81. The van der Waals surface area contributed by atoms with Crippen LogP contribution in [0.2, 0.25) is 0 Å². The Bertz CT molecular complexity index is 3480. The van der Waals surface area contributed by atoms with Gasteiger partial charge < -0.3 is 4.57 Å². The van der Waals surface area contributed by atoms with Crippen molar-refractivity contribution in [3.05, 3.63) is 193 Å². The number of benzene rings is 8. The molecule has 0 radical (unpaired) electrons. The molecule has 60 heavy (non-hydrogen) atoms. The number of aromatic nitrogens is 4. The summed E-state index contributed by atoms with van der Waals surface area (Å²) in [6, 6.07) is 66.5. The molecule has 0 N–H and O–H groups in total. The van der Waals surface area contributed by atoms with Crippen molar-refractivity contribution in [3.63, 3.8) is 0 Å². The molecule has 0 saturated heterocycles. The van der Waals surface area contributed by atoms with Gasteiger partial charge in [-0.05, 0) is 89.0 Å². The Hall–Kier alpha value is -8.23.